The topological polar surface area (TPSA) is 191 Å². The fourth-order valence-corrected chi connectivity index (χ4v) is 7.27. The summed E-state index contributed by atoms with van der Waals surface area (Å²) in [5.74, 6) is -7.79. The minimum absolute atomic E-state index is 0.0341. The van der Waals surface area contributed by atoms with Gasteiger partial charge in [-0.05, 0) is 49.9 Å². The fraction of sp³-hybridized carbons (Fsp3) is 0.562. The highest BCUT2D eigenvalue weighted by atomic mass is 35.5. The average Bonchev–Trinajstić information content (AvgIpc) is 2.94. The third kappa shape index (κ3) is 5.74. The van der Waals surface area contributed by atoms with Crippen LogP contribution in [0.4, 0.5) is 5.69 Å². The second-order valence-corrected chi connectivity index (χ2v) is 14.1. The molecule has 2 unspecified atom stereocenters. The van der Waals surface area contributed by atoms with E-state index in [-0.39, 0.29) is 59.0 Å². The number of likely N-dealkylation sites (N-methyl/N-ethyl adjacent to an activating group) is 1. The zero-order valence-corrected chi connectivity index (χ0v) is 27.9. The molecule has 0 aliphatic heterocycles. The molecular weight excluding hydrogens is 620 g/mol. The average molecular weight is 663 g/mol. The summed E-state index contributed by atoms with van der Waals surface area (Å²) in [7, 11) is 6.63. The smallest absolute Gasteiger partial charge is 0.260 e. The maximum atomic E-state index is 14.3. The highest BCUT2D eigenvalue weighted by Crippen LogP contribution is 2.54. The van der Waals surface area contributed by atoms with Crippen LogP contribution in [0.5, 0.6) is 5.75 Å². The number of aliphatic hydroxyl groups excluding tert-OH is 3. The lowest BCUT2D eigenvalue weighted by Gasteiger charge is -2.50. The molecule has 2 amide bonds. The fourth-order valence-electron chi connectivity index (χ4n) is 7.10. The number of amides is 2. The van der Waals surface area contributed by atoms with Gasteiger partial charge in [-0.2, -0.15) is 0 Å². The largest absolute Gasteiger partial charge is 0.508 e. The molecule has 0 heterocycles. The number of benzene rings is 1. The Kier molecular flexibility index (Phi) is 9.58. The first-order valence-electron chi connectivity index (χ1n) is 14.9. The molecule has 0 spiro atoms. The van der Waals surface area contributed by atoms with E-state index >= 15 is 0 Å². The van der Waals surface area contributed by atoms with Gasteiger partial charge in [0, 0.05) is 49.9 Å². The van der Waals surface area contributed by atoms with Gasteiger partial charge in [0.1, 0.15) is 35.5 Å². The van der Waals surface area contributed by atoms with Crippen molar-refractivity contribution in [2.45, 2.75) is 51.8 Å². The van der Waals surface area contributed by atoms with Crippen molar-refractivity contribution in [1.82, 2.24) is 15.1 Å². The first kappa shape index (κ1) is 35.2. The van der Waals surface area contributed by atoms with Gasteiger partial charge in [0.2, 0.25) is 11.7 Å². The van der Waals surface area contributed by atoms with Crippen LogP contribution in [0.3, 0.4) is 0 Å². The Morgan fingerprint density at radius 3 is 2.26 bits per heavy atom. The van der Waals surface area contributed by atoms with E-state index in [0.717, 1.165) is 0 Å². The molecule has 4 rings (SSSR count). The van der Waals surface area contributed by atoms with Gasteiger partial charge in [-0.25, -0.2) is 0 Å². The number of aliphatic hydroxyl groups is 4. The number of carbonyl (C=O) groups excluding carboxylic acids is 4. The van der Waals surface area contributed by atoms with Crippen molar-refractivity contribution in [1.29, 1.82) is 0 Å². The van der Waals surface area contributed by atoms with Crippen LogP contribution >= 0.6 is 11.6 Å². The number of hydrogen-bond donors (Lipinski definition) is 6. The molecule has 1 fully saturated rings. The molecule has 252 valence electrons. The van der Waals surface area contributed by atoms with Crippen LogP contribution in [0, 0.1) is 17.3 Å². The van der Waals surface area contributed by atoms with Crippen LogP contribution in [-0.4, -0.2) is 118 Å². The van der Waals surface area contributed by atoms with Gasteiger partial charge in [0.05, 0.1) is 11.6 Å². The third-order valence-electron chi connectivity index (χ3n) is 8.97. The molecule has 0 aromatic heterocycles. The zero-order valence-electron chi connectivity index (χ0n) is 27.1. The van der Waals surface area contributed by atoms with E-state index in [9.17, 15) is 44.7 Å². The van der Waals surface area contributed by atoms with Gasteiger partial charge >= 0.3 is 0 Å². The van der Waals surface area contributed by atoms with Crippen molar-refractivity contribution in [3.63, 3.8) is 0 Å². The van der Waals surface area contributed by atoms with Crippen LogP contribution in [0.1, 0.15) is 43.9 Å². The van der Waals surface area contributed by atoms with Crippen molar-refractivity contribution < 1.29 is 44.7 Å². The minimum atomic E-state index is -2.77. The van der Waals surface area contributed by atoms with E-state index in [1.807, 2.05) is 26.1 Å². The zero-order chi connectivity index (χ0) is 34.6. The molecule has 13 nitrogen and oxygen atoms in total. The number of anilines is 1. The van der Waals surface area contributed by atoms with Crippen LogP contribution < -0.4 is 10.2 Å². The maximum absolute atomic E-state index is 14.3. The lowest BCUT2D eigenvalue weighted by molar-refractivity contribution is -0.154. The second-order valence-electron chi connectivity index (χ2n) is 13.9. The van der Waals surface area contributed by atoms with E-state index in [2.05, 4.69) is 0 Å². The first-order valence-corrected chi connectivity index (χ1v) is 15.5. The lowest BCUT2D eigenvalue weighted by Crippen LogP contribution is -2.65. The molecule has 3 aliphatic carbocycles. The van der Waals surface area contributed by atoms with Crippen molar-refractivity contribution in [2.75, 3.05) is 52.2 Å². The molecule has 6 N–H and O–H groups in total. The minimum Gasteiger partial charge on any atom is -0.508 e. The summed E-state index contributed by atoms with van der Waals surface area (Å²) in [4.78, 5) is 58.1. The second kappa shape index (κ2) is 12.5. The molecule has 0 saturated heterocycles. The Morgan fingerprint density at radius 1 is 1.11 bits per heavy atom. The number of phenolic OH excluding ortho intramolecular Hbond substituents is 1. The normalized spacial score (nSPS) is 24.5. The summed E-state index contributed by atoms with van der Waals surface area (Å²) in [6.07, 6.45) is 0.102. The summed E-state index contributed by atoms with van der Waals surface area (Å²) in [6, 6.07) is 0.518. The molecule has 1 aromatic rings. The van der Waals surface area contributed by atoms with Crippen molar-refractivity contribution in [3.8, 4) is 5.75 Å². The first-order chi connectivity index (χ1) is 21.3. The van der Waals surface area contributed by atoms with Gasteiger partial charge in [-0.3, -0.25) is 24.1 Å². The molecule has 0 bridgehead atoms. The third-order valence-corrected chi connectivity index (χ3v) is 9.20. The summed E-state index contributed by atoms with van der Waals surface area (Å²) in [6.45, 7) is 5.25. The Labute approximate surface area is 272 Å². The van der Waals surface area contributed by atoms with Gasteiger partial charge in [0.15, 0.2) is 11.4 Å². The van der Waals surface area contributed by atoms with Gasteiger partial charge < -0.3 is 40.6 Å². The number of rotatable bonds is 8. The predicted molar refractivity (Wildman–Crippen MR) is 170 cm³/mol. The molecule has 46 heavy (non-hydrogen) atoms. The van der Waals surface area contributed by atoms with E-state index in [1.165, 1.54) is 23.9 Å². The number of alkyl halides is 1. The van der Waals surface area contributed by atoms with Crippen LogP contribution in [-0.2, 0) is 32.1 Å². The molecule has 14 heteroatoms. The Hall–Kier alpha value is -3.65. The van der Waals surface area contributed by atoms with E-state index in [4.69, 9.17) is 11.6 Å². The summed E-state index contributed by atoms with van der Waals surface area (Å²) in [5, 5.41) is 57.9. The number of aromatic hydroxyl groups is 1. The Bertz CT molecular complexity index is 1540. The molecule has 1 aromatic carbocycles. The van der Waals surface area contributed by atoms with E-state index < -0.39 is 64.8 Å². The quantitative estimate of drug-likeness (QED) is 0.133. The number of nitrogens with zero attached hydrogens (tertiary/aromatic N) is 3. The molecule has 1 saturated carbocycles. The number of ketones is 2. The SMILES string of the molecule is CN(C)c1cc(CN(CC(C)(C)C)C(=O)CCl)c(O)c2c1CC1CC3[C@H](N(C)C)C(=O)C(C(=O)NCO)=C(O)[C@@]3(O)C(=O)C1=C2O. The van der Waals surface area contributed by atoms with Crippen molar-refractivity contribution >= 4 is 46.4 Å². The predicted octanol–water partition coefficient (Wildman–Crippen LogP) is 1.22. The van der Waals surface area contributed by atoms with Crippen LogP contribution in [0.15, 0.2) is 23.0 Å². The van der Waals surface area contributed by atoms with Crippen LogP contribution in [0.25, 0.3) is 5.76 Å². The molecule has 4 atom stereocenters. The summed E-state index contributed by atoms with van der Waals surface area (Å²) in [5.41, 5.74) is -2.81. The van der Waals surface area contributed by atoms with E-state index in [1.54, 1.807) is 25.1 Å². The summed E-state index contributed by atoms with van der Waals surface area (Å²) >= 11 is 5.90. The van der Waals surface area contributed by atoms with Gasteiger partial charge in [-0.1, -0.05) is 20.8 Å². The Morgan fingerprint density at radius 2 is 1.74 bits per heavy atom. The lowest BCUT2D eigenvalue weighted by atomic mass is 9.57. The number of hydrogen-bond acceptors (Lipinski definition) is 11. The number of nitrogens with one attached hydrogen (secondary N) is 1. The van der Waals surface area contributed by atoms with Gasteiger partial charge in [-0.15, -0.1) is 11.6 Å². The van der Waals surface area contributed by atoms with Gasteiger partial charge in [0.25, 0.3) is 5.91 Å². The highest BCUT2D eigenvalue weighted by Gasteiger charge is 2.64. The number of carbonyl (C=O) groups is 4. The standard InChI is InChI=1S/C32H43ClN4O9/c1-31(2,3)13-37(20(39)11-33)12-16-10-19(35(4)5)17-8-15-9-18-24(36(6)7)27(42)23(30(45)34-14-38)29(44)32(18,46)28(43)21(15)26(41)22(17)25(16)40/h10,15,18,24,38,40-41,44,46H,8-9,11-14H2,1-7H3,(H,34,45)/t15?,18?,24-,32-/m0/s1. The van der Waals surface area contributed by atoms with Crippen molar-refractivity contribution in [3.05, 3.63) is 39.7 Å². The highest BCUT2D eigenvalue weighted by molar-refractivity contribution is 6.27. The van der Waals surface area contributed by atoms with Crippen LogP contribution in [0.2, 0.25) is 0 Å². The Balaban J connectivity index is 1.94. The maximum Gasteiger partial charge on any atom is 0.260 e. The number of Topliss-reactive ketones (excluding diaryl/α,β-unsaturated/α-hetero) is 2. The molecule has 3 aliphatic rings. The molecular formula is C32H43ClN4O9. The van der Waals surface area contributed by atoms with Crippen molar-refractivity contribution in [2.24, 2.45) is 17.3 Å². The monoisotopic (exact) mass is 662 g/mol. The number of fused-ring (bicyclic) bond motifs is 3. The number of halogens is 1. The number of phenols is 1. The summed E-state index contributed by atoms with van der Waals surface area (Å²) < 4.78 is 0. The molecule has 0 radical (unpaired) electrons. The van der Waals surface area contributed by atoms with E-state index in [0.29, 0.717) is 17.8 Å².